The summed E-state index contributed by atoms with van der Waals surface area (Å²) in [4.78, 5) is 13.0. The van der Waals surface area contributed by atoms with Crippen LogP contribution in [0.5, 0.6) is 0 Å². The lowest BCUT2D eigenvalue weighted by Crippen LogP contribution is -2.37. The highest BCUT2D eigenvalue weighted by atomic mass is 32.2. The number of hydrogen-bond acceptors (Lipinski definition) is 5. The van der Waals surface area contributed by atoms with E-state index in [0.29, 0.717) is 29.8 Å². The molecule has 11 heteroatoms. The van der Waals surface area contributed by atoms with Crippen molar-refractivity contribution < 1.29 is 22.0 Å². The van der Waals surface area contributed by atoms with E-state index in [2.05, 4.69) is 20.6 Å². The van der Waals surface area contributed by atoms with Gasteiger partial charge in [0.05, 0.1) is 28.9 Å². The van der Waals surface area contributed by atoms with Gasteiger partial charge in [0, 0.05) is 35.2 Å². The van der Waals surface area contributed by atoms with Crippen LogP contribution >= 0.6 is 0 Å². The fraction of sp³-hybridized carbons (Fsp3) is 0.480. The Kier molecular flexibility index (Phi) is 5.16. The lowest BCUT2D eigenvalue weighted by atomic mass is 9.87. The summed E-state index contributed by atoms with van der Waals surface area (Å²) < 4.78 is 56.0. The Balaban J connectivity index is 1.26. The highest BCUT2D eigenvalue weighted by molar-refractivity contribution is 7.92. The first-order valence-electron chi connectivity index (χ1n) is 12.2. The molecule has 1 amide bonds. The topological polar surface area (TPSA) is 110 Å². The molecule has 2 aromatic heterocycles. The van der Waals surface area contributed by atoms with Crippen LogP contribution in [0, 0.1) is 11.3 Å². The van der Waals surface area contributed by atoms with Gasteiger partial charge in [-0.25, -0.2) is 17.2 Å². The van der Waals surface area contributed by atoms with Crippen molar-refractivity contribution in [1.82, 2.24) is 20.0 Å². The van der Waals surface area contributed by atoms with E-state index in [0.717, 1.165) is 12.0 Å². The number of carbonyl (C=O) groups is 1. The largest absolute Gasteiger partial charge is 0.318 e. The molecule has 1 aromatic carbocycles. The molecule has 3 aliphatic rings. The summed E-state index contributed by atoms with van der Waals surface area (Å²) in [6, 6.07) is 8.82. The second-order valence-corrected chi connectivity index (χ2v) is 12.8. The number of aromatic nitrogens is 4. The number of nitrogens with zero attached hydrogens (tertiary/aromatic N) is 3. The molecule has 8 nitrogen and oxygen atoms in total. The van der Waals surface area contributed by atoms with Gasteiger partial charge in [-0.2, -0.15) is 10.2 Å². The summed E-state index contributed by atoms with van der Waals surface area (Å²) >= 11 is 0. The summed E-state index contributed by atoms with van der Waals surface area (Å²) in [6.07, 6.45) is 5.36. The van der Waals surface area contributed by atoms with Gasteiger partial charge >= 0.3 is 0 Å². The quantitative estimate of drug-likeness (QED) is 0.537. The van der Waals surface area contributed by atoms with E-state index in [4.69, 9.17) is 0 Å². The van der Waals surface area contributed by atoms with E-state index in [-0.39, 0.29) is 24.3 Å². The van der Waals surface area contributed by atoms with Gasteiger partial charge < -0.3 is 5.32 Å². The molecule has 2 N–H and O–H groups in total. The molecule has 1 aliphatic heterocycles. The van der Waals surface area contributed by atoms with Crippen LogP contribution in [0.3, 0.4) is 0 Å². The summed E-state index contributed by atoms with van der Waals surface area (Å²) in [7, 11) is -3.32. The first kappa shape index (κ1) is 23.3. The Morgan fingerprint density at radius 2 is 2.03 bits per heavy atom. The first-order valence-corrected chi connectivity index (χ1v) is 13.9. The summed E-state index contributed by atoms with van der Waals surface area (Å²) in [5.41, 5.74) is 1.35. The minimum atomic E-state index is -3.32. The zero-order valence-corrected chi connectivity index (χ0v) is 20.6. The lowest BCUT2D eigenvalue weighted by Gasteiger charge is -2.30. The van der Waals surface area contributed by atoms with Crippen LogP contribution in [0.2, 0.25) is 0 Å². The Labute approximate surface area is 207 Å². The molecular weight excluding hydrogens is 488 g/mol. The van der Waals surface area contributed by atoms with Crippen LogP contribution < -0.4 is 5.32 Å². The zero-order valence-electron chi connectivity index (χ0n) is 19.7. The maximum Gasteiger partial charge on any atom is 0.276 e. The molecule has 1 saturated heterocycles. The number of rotatable bonds is 5. The van der Waals surface area contributed by atoms with Crippen molar-refractivity contribution in [2.75, 3.05) is 11.1 Å². The number of hydrogen-bond donors (Lipinski definition) is 2. The predicted molar refractivity (Wildman–Crippen MR) is 129 cm³/mol. The monoisotopic (exact) mass is 515 g/mol. The van der Waals surface area contributed by atoms with Gasteiger partial charge in [-0.1, -0.05) is 43.7 Å². The van der Waals surface area contributed by atoms with Crippen LogP contribution in [-0.2, 0) is 22.7 Å². The number of amides is 1. The number of benzene rings is 1. The minimum Gasteiger partial charge on any atom is -0.318 e. The molecule has 0 bridgehead atoms. The molecule has 2 fully saturated rings. The fourth-order valence-corrected chi connectivity index (χ4v) is 8.17. The second-order valence-electron chi connectivity index (χ2n) is 10.4. The zero-order chi connectivity index (χ0) is 25.3. The Morgan fingerprint density at radius 3 is 2.78 bits per heavy atom. The Morgan fingerprint density at radius 1 is 1.25 bits per heavy atom. The minimum absolute atomic E-state index is 0.104. The average molecular weight is 516 g/mol. The highest BCUT2D eigenvalue weighted by Crippen LogP contribution is 2.70. The molecule has 0 spiro atoms. The van der Waals surface area contributed by atoms with E-state index in [1.54, 1.807) is 17.8 Å². The third-order valence-corrected chi connectivity index (χ3v) is 10.5. The van der Waals surface area contributed by atoms with Crippen LogP contribution in [0.15, 0.2) is 42.7 Å². The van der Waals surface area contributed by atoms with Gasteiger partial charge in [-0.15, -0.1) is 0 Å². The van der Waals surface area contributed by atoms with Crippen molar-refractivity contribution in [3.8, 4) is 0 Å². The van der Waals surface area contributed by atoms with E-state index < -0.39 is 44.3 Å². The van der Waals surface area contributed by atoms with Crippen molar-refractivity contribution in [3.05, 3.63) is 65.2 Å². The SMILES string of the molecule is CC12Cc3[nH]nc(C(=O)Nc4cnn(C(c5ccccc5)C5CCCCS5(=O)=O)c4)c3CC1C2(F)F. The van der Waals surface area contributed by atoms with Gasteiger partial charge in [0.15, 0.2) is 15.5 Å². The third-order valence-electron chi connectivity index (χ3n) is 8.27. The highest BCUT2D eigenvalue weighted by Gasteiger charge is 2.78. The third kappa shape index (κ3) is 3.50. The van der Waals surface area contributed by atoms with E-state index in [1.165, 1.54) is 6.20 Å². The molecule has 3 heterocycles. The van der Waals surface area contributed by atoms with Crippen molar-refractivity contribution in [2.24, 2.45) is 11.3 Å². The fourth-order valence-electron chi connectivity index (χ4n) is 6.06. The summed E-state index contributed by atoms with van der Waals surface area (Å²) in [5.74, 6) is -3.89. The molecule has 0 radical (unpaired) electrons. The Hall–Kier alpha value is -3.08. The van der Waals surface area contributed by atoms with Gasteiger partial charge in [-0.3, -0.25) is 14.6 Å². The van der Waals surface area contributed by atoms with Crippen molar-refractivity contribution in [1.29, 1.82) is 0 Å². The van der Waals surface area contributed by atoms with Crippen LogP contribution in [0.4, 0.5) is 14.5 Å². The summed E-state index contributed by atoms with van der Waals surface area (Å²) in [6.45, 7) is 1.57. The normalized spacial score (nSPS) is 28.5. The van der Waals surface area contributed by atoms with E-state index >= 15 is 0 Å². The molecule has 1 saturated carbocycles. The maximum absolute atomic E-state index is 14.2. The van der Waals surface area contributed by atoms with Crippen LogP contribution in [-0.4, -0.2) is 51.2 Å². The standard InChI is InChI=1S/C25H27F2N5O3S/c1-24-12-18-17(11-20(24)25(24,26)27)21(31-30-18)23(33)29-16-13-28-32(14-16)22(15-7-3-2-4-8-15)19-9-5-6-10-36(19,34)35/h2-4,7-8,13-14,19-20,22H,5-6,9-12H2,1H3,(H,29,33)(H,30,31). The van der Waals surface area contributed by atoms with Gasteiger partial charge in [0.2, 0.25) is 0 Å². The van der Waals surface area contributed by atoms with Crippen molar-refractivity contribution in [3.63, 3.8) is 0 Å². The number of halogens is 2. The number of alkyl halides is 2. The average Bonchev–Trinajstić information content (AvgIpc) is 3.26. The smallest absolute Gasteiger partial charge is 0.276 e. The number of aromatic amines is 1. The molecule has 6 rings (SSSR count). The number of nitrogens with one attached hydrogen (secondary N) is 2. The summed E-state index contributed by atoms with van der Waals surface area (Å²) in [5, 5.41) is 13.5. The number of anilines is 1. The first-order chi connectivity index (χ1) is 17.1. The number of fused-ring (bicyclic) bond motifs is 2. The van der Waals surface area contributed by atoms with Crippen molar-refractivity contribution in [2.45, 2.75) is 56.2 Å². The van der Waals surface area contributed by atoms with Gasteiger partial charge in [0.1, 0.15) is 0 Å². The van der Waals surface area contributed by atoms with Crippen molar-refractivity contribution >= 4 is 21.4 Å². The predicted octanol–water partition coefficient (Wildman–Crippen LogP) is 3.79. The number of H-pyrrole nitrogens is 1. The molecule has 2 aliphatic carbocycles. The molecule has 36 heavy (non-hydrogen) atoms. The second kappa shape index (κ2) is 7.96. The molecule has 4 unspecified atom stereocenters. The lowest BCUT2D eigenvalue weighted by molar-refractivity contribution is 0.0630. The van der Waals surface area contributed by atoms with Gasteiger partial charge in [-0.05, 0) is 24.8 Å². The Bertz CT molecular complexity index is 1430. The molecule has 4 atom stereocenters. The van der Waals surface area contributed by atoms with E-state index in [1.807, 2.05) is 30.3 Å². The van der Waals surface area contributed by atoms with Crippen LogP contribution in [0.1, 0.15) is 59.5 Å². The maximum atomic E-state index is 14.2. The van der Waals surface area contributed by atoms with Crippen LogP contribution in [0.25, 0.3) is 0 Å². The van der Waals surface area contributed by atoms with E-state index in [9.17, 15) is 22.0 Å². The number of carbonyl (C=O) groups excluding carboxylic acids is 1. The molecule has 190 valence electrons. The molecular formula is C25H27F2N5O3S. The molecule has 3 aromatic rings. The number of sulfone groups is 1. The van der Waals surface area contributed by atoms with Gasteiger partial charge in [0.25, 0.3) is 11.8 Å².